The number of benzene rings is 2. The summed E-state index contributed by atoms with van der Waals surface area (Å²) in [7, 11) is 0. The van der Waals surface area contributed by atoms with Crippen molar-refractivity contribution >= 4 is 23.2 Å². The number of halogens is 1. The zero-order valence-corrected chi connectivity index (χ0v) is 15.9. The molecule has 1 amide bonds. The molecule has 3 aromatic rings. The first-order valence-electron chi connectivity index (χ1n) is 8.70. The molecule has 0 saturated carbocycles. The van der Waals surface area contributed by atoms with Gasteiger partial charge in [0.1, 0.15) is 17.0 Å². The van der Waals surface area contributed by atoms with Crippen molar-refractivity contribution in [3.8, 4) is 11.3 Å². The highest BCUT2D eigenvalue weighted by Crippen LogP contribution is 2.31. The second-order valence-electron chi connectivity index (χ2n) is 6.05. The predicted molar refractivity (Wildman–Crippen MR) is 105 cm³/mol. The third-order valence-corrected chi connectivity index (χ3v) is 4.81. The fourth-order valence-electron chi connectivity index (χ4n) is 3.08. The summed E-state index contributed by atoms with van der Waals surface area (Å²) in [5.41, 5.74) is 4.60. The molecule has 1 heterocycles. The molecule has 0 bridgehead atoms. The number of amides is 1. The van der Waals surface area contributed by atoms with Crippen LogP contribution in [0, 0.1) is 6.92 Å². The Morgan fingerprint density at radius 1 is 1.12 bits per heavy atom. The van der Waals surface area contributed by atoms with E-state index in [2.05, 4.69) is 17.4 Å². The zero-order chi connectivity index (χ0) is 18.7. The molecule has 0 unspecified atom stereocenters. The molecule has 3 rings (SSSR count). The van der Waals surface area contributed by atoms with Crippen LogP contribution in [0.1, 0.15) is 41.1 Å². The van der Waals surface area contributed by atoms with E-state index in [4.69, 9.17) is 16.1 Å². The number of carbonyl (C=O) groups excluding carboxylic acids is 1. The van der Waals surface area contributed by atoms with Crippen LogP contribution >= 0.6 is 11.6 Å². The van der Waals surface area contributed by atoms with E-state index < -0.39 is 0 Å². The first kappa shape index (κ1) is 18.2. The summed E-state index contributed by atoms with van der Waals surface area (Å²) < 4.78 is 5.31. The van der Waals surface area contributed by atoms with Crippen molar-refractivity contribution in [1.29, 1.82) is 0 Å². The minimum absolute atomic E-state index is 0.241. The summed E-state index contributed by atoms with van der Waals surface area (Å²) >= 11 is 6.34. The maximum Gasteiger partial charge on any atom is 0.261 e. The molecule has 26 heavy (non-hydrogen) atoms. The molecule has 1 aromatic heterocycles. The number of anilines is 1. The van der Waals surface area contributed by atoms with Crippen LogP contribution in [-0.4, -0.2) is 11.1 Å². The molecule has 0 aliphatic rings. The lowest BCUT2D eigenvalue weighted by Gasteiger charge is -2.16. The number of aryl methyl sites for hydroxylation is 2. The van der Waals surface area contributed by atoms with E-state index in [1.807, 2.05) is 49.4 Å². The van der Waals surface area contributed by atoms with Gasteiger partial charge in [0.15, 0.2) is 0 Å². The minimum Gasteiger partial charge on any atom is -0.360 e. The maximum absolute atomic E-state index is 13.1. The van der Waals surface area contributed by atoms with E-state index in [-0.39, 0.29) is 5.91 Å². The van der Waals surface area contributed by atoms with E-state index in [0.717, 1.165) is 35.2 Å². The Morgan fingerprint density at radius 2 is 1.85 bits per heavy atom. The van der Waals surface area contributed by atoms with Gasteiger partial charge in [0, 0.05) is 16.3 Å². The first-order valence-corrected chi connectivity index (χ1v) is 9.07. The number of nitrogens with zero attached hydrogens (tertiary/aromatic N) is 1. The smallest absolute Gasteiger partial charge is 0.261 e. The molecule has 0 aliphatic carbocycles. The van der Waals surface area contributed by atoms with E-state index >= 15 is 0 Å². The van der Waals surface area contributed by atoms with Gasteiger partial charge in [-0.15, -0.1) is 0 Å². The largest absolute Gasteiger partial charge is 0.360 e. The molecule has 1 N–H and O–H groups in total. The SMILES string of the molecule is CCc1ccc(Cl)c(CC)c1NC(=O)c1c(-c2ccccc2)noc1C. The molecular weight excluding hydrogens is 348 g/mol. The lowest BCUT2D eigenvalue weighted by molar-refractivity contribution is 0.102. The fraction of sp³-hybridized carbons (Fsp3) is 0.238. The van der Waals surface area contributed by atoms with Crippen molar-refractivity contribution in [2.75, 3.05) is 5.32 Å². The zero-order valence-electron chi connectivity index (χ0n) is 15.1. The van der Waals surface area contributed by atoms with Crippen LogP contribution in [0.4, 0.5) is 5.69 Å². The third-order valence-electron chi connectivity index (χ3n) is 4.45. The van der Waals surface area contributed by atoms with Gasteiger partial charge in [-0.2, -0.15) is 0 Å². The quantitative estimate of drug-likeness (QED) is 0.630. The van der Waals surface area contributed by atoms with Crippen LogP contribution in [0.3, 0.4) is 0 Å². The van der Waals surface area contributed by atoms with Crippen molar-refractivity contribution in [3.05, 3.63) is 69.9 Å². The van der Waals surface area contributed by atoms with Crippen LogP contribution in [0.25, 0.3) is 11.3 Å². The van der Waals surface area contributed by atoms with Gasteiger partial charge in [0.05, 0.1) is 0 Å². The van der Waals surface area contributed by atoms with E-state index in [9.17, 15) is 4.79 Å². The number of rotatable bonds is 5. The Morgan fingerprint density at radius 3 is 2.50 bits per heavy atom. The molecule has 134 valence electrons. The standard InChI is InChI=1S/C21H21ClN2O2/c1-4-14-11-12-17(22)16(5-2)19(14)23-21(25)18-13(3)26-24-20(18)15-9-7-6-8-10-15/h6-12H,4-5H2,1-3H3,(H,23,25). The first-order chi connectivity index (χ1) is 12.6. The number of hydrogen-bond donors (Lipinski definition) is 1. The van der Waals surface area contributed by atoms with Crippen LogP contribution in [0.2, 0.25) is 5.02 Å². The van der Waals surface area contributed by atoms with Gasteiger partial charge in [-0.3, -0.25) is 4.79 Å². The van der Waals surface area contributed by atoms with Gasteiger partial charge in [0.25, 0.3) is 5.91 Å². The number of hydrogen-bond acceptors (Lipinski definition) is 3. The summed E-state index contributed by atoms with van der Waals surface area (Å²) in [5, 5.41) is 7.80. The number of carbonyl (C=O) groups is 1. The Kier molecular flexibility index (Phi) is 5.43. The molecule has 5 heteroatoms. The Bertz CT molecular complexity index is 933. The Balaban J connectivity index is 2.03. The Labute approximate surface area is 158 Å². The molecule has 4 nitrogen and oxygen atoms in total. The van der Waals surface area contributed by atoms with E-state index in [1.54, 1.807) is 6.92 Å². The van der Waals surface area contributed by atoms with Gasteiger partial charge in [-0.05, 0) is 37.0 Å². The number of aromatic nitrogens is 1. The van der Waals surface area contributed by atoms with E-state index in [1.165, 1.54) is 0 Å². The van der Waals surface area contributed by atoms with Crippen molar-refractivity contribution in [3.63, 3.8) is 0 Å². The molecule has 0 fully saturated rings. The lowest BCUT2D eigenvalue weighted by atomic mass is 10.0. The van der Waals surface area contributed by atoms with Crippen molar-refractivity contribution in [1.82, 2.24) is 5.16 Å². The summed E-state index contributed by atoms with van der Waals surface area (Å²) in [6.07, 6.45) is 1.53. The van der Waals surface area contributed by atoms with Crippen LogP contribution < -0.4 is 5.32 Å². The highest BCUT2D eigenvalue weighted by Gasteiger charge is 2.23. The van der Waals surface area contributed by atoms with Crippen molar-refractivity contribution in [2.45, 2.75) is 33.6 Å². The highest BCUT2D eigenvalue weighted by atomic mass is 35.5. The molecule has 0 radical (unpaired) electrons. The lowest BCUT2D eigenvalue weighted by Crippen LogP contribution is -2.16. The Hall–Kier alpha value is -2.59. The average molecular weight is 369 g/mol. The van der Waals surface area contributed by atoms with Crippen molar-refractivity contribution in [2.24, 2.45) is 0 Å². The maximum atomic E-state index is 13.1. The third kappa shape index (κ3) is 3.37. The van der Waals surface area contributed by atoms with Crippen LogP contribution in [-0.2, 0) is 12.8 Å². The molecule has 0 aliphatic heterocycles. The summed E-state index contributed by atoms with van der Waals surface area (Å²) in [4.78, 5) is 13.1. The topological polar surface area (TPSA) is 55.1 Å². The van der Waals surface area contributed by atoms with Crippen LogP contribution in [0.15, 0.2) is 47.0 Å². The van der Waals surface area contributed by atoms with Gasteiger partial charge >= 0.3 is 0 Å². The fourth-order valence-corrected chi connectivity index (χ4v) is 3.37. The average Bonchev–Trinajstić information content (AvgIpc) is 3.04. The van der Waals surface area contributed by atoms with Crippen molar-refractivity contribution < 1.29 is 9.32 Å². The van der Waals surface area contributed by atoms with Crippen LogP contribution in [0.5, 0.6) is 0 Å². The highest BCUT2D eigenvalue weighted by molar-refractivity contribution is 6.32. The van der Waals surface area contributed by atoms with Gasteiger partial charge in [-0.25, -0.2) is 0 Å². The summed E-state index contributed by atoms with van der Waals surface area (Å²) in [6, 6.07) is 13.4. The van der Waals surface area contributed by atoms with Gasteiger partial charge in [0.2, 0.25) is 0 Å². The second kappa shape index (κ2) is 7.75. The van der Waals surface area contributed by atoms with Gasteiger partial charge in [-0.1, -0.05) is 67.0 Å². The predicted octanol–water partition coefficient (Wildman–Crippen LogP) is 5.68. The molecule has 0 atom stereocenters. The molecule has 2 aromatic carbocycles. The number of nitrogens with one attached hydrogen (secondary N) is 1. The summed E-state index contributed by atoms with van der Waals surface area (Å²) in [6.45, 7) is 5.82. The minimum atomic E-state index is -0.241. The van der Waals surface area contributed by atoms with Gasteiger partial charge < -0.3 is 9.84 Å². The second-order valence-corrected chi connectivity index (χ2v) is 6.46. The molecule has 0 spiro atoms. The van der Waals surface area contributed by atoms with E-state index in [0.29, 0.717) is 22.0 Å². The monoisotopic (exact) mass is 368 g/mol. The normalized spacial score (nSPS) is 10.8. The summed E-state index contributed by atoms with van der Waals surface area (Å²) in [5.74, 6) is 0.244. The molecule has 0 saturated heterocycles. The molecular formula is C21H21ClN2O2.